The molecule has 0 aromatic carbocycles. The molecule has 4 nitrogen and oxygen atoms in total. The maximum absolute atomic E-state index is 11.9. The predicted octanol–water partition coefficient (Wildman–Crippen LogP) is 1.65. The number of carbonyl (C=O) groups excluding carboxylic acids is 1. The van der Waals surface area contributed by atoms with Crippen LogP contribution in [0.5, 0.6) is 0 Å². The van der Waals surface area contributed by atoms with Crippen LogP contribution in [0.15, 0.2) is 0 Å². The molecule has 1 rings (SSSR count). The van der Waals surface area contributed by atoms with Gasteiger partial charge in [0.05, 0.1) is 13.2 Å². The van der Waals surface area contributed by atoms with Crippen LogP contribution in [0, 0.1) is 5.92 Å². The molecular formula is C14H28N2O2. The molecule has 0 spiro atoms. The van der Waals surface area contributed by atoms with Gasteiger partial charge in [0.2, 0.25) is 5.91 Å². The average molecular weight is 256 g/mol. The summed E-state index contributed by atoms with van der Waals surface area (Å²) in [6, 6.07) is 0.737. The number of amides is 1. The van der Waals surface area contributed by atoms with Crippen molar-refractivity contribution < 1.29 is 9.53 Å². The molecule has 0 aliphatic heterocycles. The number of methoxy groups -OCH3 is 1. The van der Waals surface area contributed by atoms with Crippen LogP contribution in [-0.4, -0.2) is 49.7 Å². The third-order valence-corrected chi connectivity index (χ3v) is 3.23. The van der Waals surface area contributed by atoms with Crippen LogP contribution in [0.4, 0.5) is 0 Å². The molecule has 18 heavy (non-hydrogen) atoms. The number of ether oxygens (including phenoxy) is 1. The lowest BCUT2D eigenvalue weighted by molar-refractivity contribution is -0.123. The highest BCUT2D eigenvalue weighted by Gasteiger charge is 2.30. The quantitative estimate of drug-likeness (QED) is 0.682. The monoisotopic (exact) mass is 256 g/mol. The minimum atomic E-state index is 0.0913. The maximum Gasteiger partial charge on any atom is 0.234 e. The second kappa shape index (κ2) is 7.74. The summed E-state index contributed by atoms with van der Waals surface area (Å²) in [7, 11) is 1.65. The van der Waals surface area contributed by atoms with E-state index in [0.29, 0.717) is 25.1 Å². The highest BCUT2D eigenvalue weighted by molar-refractivity contribution is 5.78. The fraction of sp³-hybridized carbons (Fsp3) is 0.929. The number of carbonyl (C=O) groups is 1. The van der Waals surface area contributed by atoms with Crippen LogP contribution in [0.1, 0.15) is 40.0 Å². The summed E-state index contributed by atoms with van der Waals surface area (Å²) in [5.74, 6) is 0.817. The van der Waals surface area contributed by atoms with Crippen molar-refractivity contribution in [3.05, 3.63) is 0 Å². The molecule has 1 fully saturated rings. The van der Waals surface area contributed by atoms with Gasteiger partial charge in [-0.3, -0.25) is 9.69 Å². The summed E-state index contributed by atoms with van der Waals surface area (Å²) < 4.78 is 5.02. The highest BCUT2D eigenvalue weighted by Crippen LogP contribution is 2.27. The molecule has 1 saturated carbocycles. The van der Waals surface area contributed by atoms with Crippen LogP contribution in [0.25, 0.3) is 0 Å². The lowest BCUT2D eigenvalue weighted by atomic mass is 10.1. The summed E-state index contributed by atoms with van der Waals surface area (Å²) in [6.07, 6.45) is 3.66. The van der Waals surface area contributed by atoms with Crippen molar-refractivity contribution in [3.8, 4) is 0 Å². The second-order valence-corrected chi connectivity index (χ2v) is 5.81. The van der Waals surface area contributed by atoms with E-state index in [1.165, 1.54) is 12.8 Å². The Hall–Kier alpha value is -0.610. The van der Waals surface area contributed by atoms with Gasteiger partial charge in [-0.15, -0.1) is 0 Å². The number of hydrogen-bond donors (Lipinski definition) is 1. The number of rotatable bonds is 9. The molecule has 0 heterocycles. The lowest BCUT2D eigenvalue weighted by Crippen LogP contribution is -2.43. The third kappa shape index (κ3) is 6.36. The Kier molecular flexibility index (Phi) is 6.65. The average Bonchev–Trinajstić information content (AvgIpc) is 3.07. The smallest absolute Gasteiger partial charge is 0.234 e. The molecule has 1 atom stereocenters. The van der Waals surface area contributed by atoms with Gasteiger partial charge in [0, 0.05) is 19.2 Å². The normalized spacial score (nSPS) is 17.2. The molecule has 4 heteroatoms. The Morgan fingerprint density at radius 1 is 1.39 bits per heavy atom. The van der Waals surface area contributed by atoms with E-state index in [4.69, 9.17) is 4.74 Å². The van der Waals surface area contributed by atoms with Crippen LogP contribution >= 0.6 is 0 Å². The molecule has 0 aromatic heterocycles. The van der Waals surface area contributed by atoms with Crippen LogP contribution in [0.2, 0.25) is 0 Å². The van der Waals surface area contributed by atoms with Crippen LogP contribution in [-0.2, 0) is 9.53 Å². The zero-order valence-electron chi connectivity index (χ0n) is 12.2. The number of nitrogens with one attached hydrogen (secondary N) is 1. The van der Waals surface area contributed by atoms with Gasteiger partial charge in [0.25, 0.3) is 0 Å². The summed E-state index contributed by atoms with van der Waals surface area (Å²) in [6.45, 7) is 8.57. The highest BCUT2D eigenvalue weighted by atomic mass is 16.5. The van der Waals surface area contributed by atoms with E-state index in [1.807, 2.05) is 6.92 Å². The molecule has 0 bridgehead atoms. The molecule has 0 radical (unpaired) electrons. The fourth-order valence-corrected chi connectivity index (χ4v) is 2.05. The Labute approximate surface area is 111 Å². The molecule has 106 valence electrons. The van der Waals surface area contributed by atoms with Crippen molar-refractivity contribution in [2.24, 2.45) is 5.92 Å². The zero-order valence-corrected chi connectivity index (χ0v) is 12.2. The molecule has 0 aromatic rings. The van der Waals surface area contributed by atoms with Gasteiger partial charge in [-0.1, -0.05) is 13.8 Å². The van der Waals surface area contributed by atoms with Gasteiger partial charge in [-0.2, -0.15) is 0 Å². The Balaban J connectivity index is 2.29. The van der Waals surface area contributed by atoms with Gasteiger partial charge in [-0.05, 0) is 38.6 Å². The molecule has 1 unspecified atom stereocenters. The summed E-state index contributed by atoms with van der Waals surface area (Å²) >= 11 is 0. The van der Waals surface area contributed by atoms with E-state index in [1.54, 1.807) is 7.11 Å². The fourth-order valence-electron chi connectivity index (χ4n) is 2.05. The minimum absolute atomic E-state index is 0.0913. The Morgan fingerprint density at radius 2 is 2.06 bits per heavy atom. The first kappa shape index (κ1) is 15.4. The first-order valence-electron chi connectivity index (χ1n) is 7.05. The van der Waals surface area contributed by atoms with E-state index in [9.17, 15) is 4.79 Å². The zero-order chi connectivity index (χ0) is 13.5. The minimum Gasteiger partial charge on any atom is -0.383 e. The lowest BCUT2D eigenvalue weighted by Gasteiger charge is -2.23. The van der Waals surface area contributed by atoms with Crippen LogP contribution < -0.4 is 5.32 Å². The molecule has 1 aliphatic rings. The van der Waals surface area contributed by atoms with Gasteiger partial charge in [-0.25, -0.2) is 0 Å². The van der Waals surface area contributed by atoms with E-state index in [2.05, 4.69) is 24.1 Å². The topological polar surface area (TPSA) is 41.6 Å². The van der Waals surface area contributed by atoms with Crippen molar-refractivity contribution in [2.75, 3.05) is 26.8 Å². The third-order valence-electron chi connectivity index (χ3n) is 3.23. The predicted molar refractivity (Wildman–Crippen MR) is 73.5 cm³/mol. The van der Waals surface area contributed by atoms with E-state index >= 15 is 0 Å². The van der Waals surface area contributed by atoms with Gasteiger partial charge < -0.3 is 10.1 Å². The Morgan fingerprint density at radius 3 is 2.56 bits per heavy atom. The van der Waals surface area contributed by atoms with E-state index in [0.717, 1.165) is 13.0 Å². The summed E-state index contributed by atoms with van der Waals surface area (Å²) in [5, 5.41) is 2.98. The molecule has 1 N–H and O–H groups in total. The summed E-state index contributed by atoms with van der Waals surface area (Å²) in [4.78, 5) is 14.2. The number of hydrogen-bond acceptors (Lipinski definition) is 3. The van der Waals surface area contributed by atoms with Crippen molar-refractivity contribution in [3.63, 3.8) is 0 Å². The number of nitrogens with zero attached hydrogens (tertiary/aromatic N) is 1. The summed E-state index contributed by atoms with van der Waals surface area (Å²) in [5.41, 5.74) is 0. The van der Waals surface area contributed by atoms with Gasteiger partial charge >= 0.3 is 0 Å². The van der Waals surface area contributed by atoms with Gasteiger partial charge in [0.1, 0.15) is 0 Å². The molecular weight excluding hydrogens is 228 g/mol. The van der Waals surface area contributed by atoms with E-state index in [-0.39, 0.29) is 11.9 Å². The largest absolute Gasteiger partial charge is 0.383 e. The SMILES string of the molecule is COCC(C)NC(=O)CN(CCC(C)C)C1CC1. The first-order valence-corrected chi connectivity index (χ1v) is 7.05. The van der Waals surface area contributed by atoms with Crippen molar-refractivity contribution in [1.29, 1.82) is 0 Å². The van der Waals surface area contributed by atoms with Crippen LogP contribution in [0.3, 0.4) is 0 Å². The van der Waals surface area contributed by atoms with Crippen molar-refractivity contribution in [2.45, 2.75) is 52.1 Å². The molecule has 1 aliphatic carbocycles. The van der Waals surface area contributed by atoms with Crippen molar-refractivity contribution >= 4 is 5.91 Å². The van der Waals surface area contributed by atoms with Crippen molar-refractivity contribution in [1.82, 2.24) is 10.2 Å². The first-order chi connectivity index (χ1) is 8.52. The molecule has 0 saturated heterocycles. The van der Waals surface area contributed by atoms with E-state index < -0.39 is 0 Å². The maximum atomic E-state index is 11.9. The second-order valence-electron chi connectivity index (χ2n) is 5.81. The molecule has 1 amide bonds. The van der Waals surface area contributed by atoms with Gasteiger partial charge in [0.15, 0.2) is 0 Å². The standard InChI is InChI=1S/C14H28N2O2/c1-11(2)7-8-16(13-5-6-13)9-14(17)15-12(3)10-18-4/h11-13H,5-10H2,1-4H3,(H,15,17). The Bertz CT molecular complexity index is 252.